The SMILES string of the molecule is C[C@@H](Oc1ccc(Br)cc1)C(=O)Nc1ccccc1S(=O)(=O)N(C)C. The zero-order valence-corrected chi connectivity index (χ0v) is 16.5. The summed E-state index contributed by atoms with van der Waals surface area (Å²) in [7, 11) is -0.795. The van der Waals surface area contributed by atoms with Crippen molar-refractivity contribution in [3.63, 3.8) is 0 Å². The Morgan fingerprint density at radius 3 is 2.32 bits per heavy atom. The van der Waals surface area contributed by atoms with Crippen LogP contribution in [-0.2, 0) is 14.8 Å². The molecule has 2 aromatic carbocycles. The van der Waals surface area contributed by atoms with E-state index in [9.17, 15) is 13.2 Å². The van der Waals surface area contributed by atoms with Crippen molar-refractivity contribution >= 4 is 37.5 Å². The molecule has 6 nitrogen and oxygen atoms in total. The first kappa shape index (κ1) is 19.4. The Morgan fingerprint density at radius 2 is 1.72 bits per heavy atom. The minimum absolute atomic E-state index is 0.0317. The Hall–Kier alpha value is -1.90. The summed E-state index contributed by atoms with van der Waals surface area (Å²) < 4.78 is 32.3. The van der Waals surface area contributed by atoms with Gasteiger partial charge in [-0.2, -0.15) is 0 Å². The molecule has 0 aliphatic rings. The number of para-hydroxylation sites is 1. The molecule has 0 unspecified atom stereocenters. The molecule has 0 saturated carbocycles. The molecule has 2 rings (SSSR count). The molecule has 25 heavy (non-hydrogen) atoms. The highest BCUT2D eigenvalue weighted by Crippen LogP contribution is 2.24. The van der Waals surface area contributed by atoms with Crippen molar-refractivity contribution in [3.05, 3.63) is 53.0 Å². The molecule has 0 heterocycles. The van der Waals surface area contributed by atoms with Crippen LogP contribution in [0.4, 0.5) is 5.69 Å². The van der Waals surface area contributed by atoms with Gasteiger partial charge < -0.3 is 10.1 Å². The number of rotatable bonds is 6. The normalized spacial score (nSPS) is 12.7. The summed E-state index contributed by atoms with van der Waals surface area (Å²) in [6.45, 7) is 1.60. The van der Waals surface area contributed by atoms with Crippen LogP contribution in [0.5, 0.6) is 5.75 Å². The summed E-state index contributed by atoms with van der Waals surface area (Å²) in [6, 6.07) is 13.3. The van der Waals surface area contributed by atoms with Gasteiger partial charge in [0.25, 0.3) is 5.91 Å². The van der Waals surface area contributed by atoms with Gasteiger partial charge in [0.15, 0.2) is 6.10 Å². The number of hydrogen-bond donors (Lipinski definition) is 1. The lowest BCUT2D eigenvalue weighted by Gasteiger charge is -2.18. The predicted octanol–water partition coefficient (Wildman–Crippen LogP) is 3.11. The van der Waals surface area contributed by atoms with Crippen molar-refractivity contribution in [2.24, 2.45) is 0 Å². The van der Waals surface area contributed by atoms with Crippen LogP contribution in [0, 0.1) is 0 Å². The van der Waals surface area contributed by atoms with Crippen molar-refractivity contribution in [1.82, 2.24) is 4.31 Å². The third-order valence-corrected chi connectivity index (χ3v) is 5.80. The second-order valence-corrected chi connectivity index (χ2v) is 8.52. The van der Waals surface area contributed by atoms with Gasteiger partial charge in [0.2, 0.25) is 10.0 Å². The van der Waals surface area contributed by atoms with Crippen molar-refractivity contribution in [3.8, 4) is 5.75 Å². The fourth-order valence-corrected chi connectivity index (χ4v) is 3.30. The lowest BCUT2D eigenvalue weighted by molar-refractivity contribution is -0.122. The summed E-state index contributed by atoms with van der Waals surface area (Å²) in [5, 5.41) is 2.62. The quantitative estimate of drug-likeness (QED) is 0.769. The number of benzene rings is 2. The van der Waals surface area contributed by atoms with Gasteiger partial charge in [-0.1, -0.05) is 28.1 Å². The molecule has 0 saturated heterocycles. The van der Waals surface area contributed by atoms with E-state index in [0.717, 1.165) is 8.78 Å². The van der Waals surface area contributed by atoms with Gasteiger partial charge >= 0.3 is 0 Å². The minimum atomic E-state index is -3.67. The average molecular weight is 427 g/mol. The van der Waals surface area contributed by atoms with E-state index in [1.165, 1.54) is 20.2 Å². The number of nitrogens with zero attached hydrogens (tertiary/aromatic N) is 1. The van der Waals surface area contributed by atoms with E-state index >= 15 is 0 Å². The number of ether oxygens (including phenoxy) is 1. The van der Waals surface area contributed by atoms with Gasteiger partial charge in [0.05, 0.1) is 5.69 Å². The van der Waals surface area contributed by atoms with E-state index < -0.39 is 22.0 Å². The molecule has 0 spiro atoms. The standard InChI is InChI=1S/C17H19BrN2O4S/c1-12(24-14-10-8-13(18)9-11-14)17(21)19-15-6-4-5-7-16(15)25(22,23)20(2)3/h4-12H,1-3H3,(H,19,21)/t12-/m1/s1. The molecular weight excluding hydrogens is 408 g/mol. The largest absolute Gasteiger partial charge is 0.481 e. The maximum Gasteiger partial charge on any atom is 0.265 e. The van der Waals surface area contributed by atoms with Crippen LogP contribution < -0.4 is 10.1 Å². The summed E-state index contributed by atoms with van der Waals surface area (Å²) in [5.74, 6) is 0.101. The highest BCUT2D eigenvalue weighted by atomic mass is 79.9. The molecule has 0 radical (unpaired) electrons. The molecule has 0 bridgehead atoms. The van der Waals surface area contributed by atoms with Crippen LogP contribution in [0.25, 0.3) is 0 Å². The highest BCUT2D eigenvalue weighted by molar-refractivity contribution is 9.10. The number of carbonyl (C=O) groups is 1. The molecule has 0 fully saturated rings. The lowest BCUT2D eigenvalue weighted by atomic mass is 10.3. The van der Waals surface area contributed by atoms with Gasteiger partial charge in [-0.05, 0) is 43.3 Å². The summed E-state index contributed by atoms with van der Waals surface area (Å²) in [4.78, 5) is 12.4. The van der Waals surface area contributed by atoms with Gasteiger partial charge in [-0.25, -0.2) is 12.7 Å². The molecule has 0 aromatic heterocycles. The smallest absolute Gasteiger partial charge is 0.265 e. The Morgan fingerprint density at radius 1 is 1.12 bits per heavy atom. The number of sulfonamides is 1. The first-order valence-corrected chi connectivity index (χ1v) is 9.70. The van der Waals surface area contributed by atoms with Gasteiger partial charge in [-0.15, -0.1) is 0 Å². The maximum absolute atomic E-state index is 12.4. The maximum atomic E-state index is 12.4. The van der Waals surface area contributed by atoms with Crippen molar-refractivity contribution in [2.75, 3.05) is 19.4 Å². The Bertz CT molecular complexity index is 851. The molecule has 2 aromatic rings. The van der Waals surface area contributed by atoms with E-state index in [2.05, 4.69) is 21.2 Å². The number of nitrogens with one attached hydrogen (secondary N) is 1. The van der Waals surface area contributed by atoms with E-state index in [4.69, 9.17) is 4.74 Å². The summed E-state index contributed by atoms with van der Waals surface area (Å²) in [5.41, 5.74) is 0.215. The van der Waals surface area contributed by atoms with E-state index in [1.54, 1.807) is 49.4 Å². The molecule has 0 aliphatic carbocycles. The summed E-state index contributed by atoms with van der Waals surface area (Å²) in [6.07, 6.45) is -0.795. The first-order chi connectivity index (χ1) is 11.7. The van der Waals surface area contributed by atoms with Crippen molar-refractivity contribution in [1.29, 1.82) is 0 Å². The number of carbonyl (C=O) groups excluding carboxylic acids is 1. The zero-order valence-electron chi connectivity index (χ0n) is 14.1. The fourth-order valence-electron chi connectivity index (χ4n) is 2.00. The average Bonchev–Trinajstić information content (AvgIpc) is 2.57. The second-order valence-electron chi connectivity index (χ2n) is 5.49. The Balaban J connectivity index is 2.16. The molecule has 1 N–H and O–H groups in total. The van der Waals surface area contributed by atoms with Crippen LogP contribution in [0.15, 0.2) is 57.9 Å². The number of halogens is 1. The molecule has 8 heteroatoms. The van der Waals surface area contributed by atoms with Crippen LogP contribution >= 0.6 is 15.9 Å². The number of hydrogen-bond acceptors (Lipinski definition) is 4. The van der Waals surface area contributed by atoms with Crippen LogP contribution in [0.1, 0.15) is 6.92 Å². The minimum Gasteiger partial charge on any atom is -0.481 e. The van der Waals surface area contributed by atoms with Crippen LogP contribution in [-0.4, -0.2) is 38.8 Å². The molecule has 134 valence electrons. The van der Waals surface area contributed by atoms with E-state index in [0.29, 0.717) is 5.75 Å². The van der Waals surface area contributed by atoms with E-state index in [1.807, 2.05) is 0 Å². The third-order valence-electron chi connectivity index (χ3n) is 3.40. The number of amides is 1. The molecular formula is C17H19BrN2O4S. The van der Waals surface area contributed by atoms with E-state index in [-0.39, 0.29) is 10.6 Å². The van der Waals surface area contributed by atoms with Crippen molar-refractivity contribution < 1.29 is 17.9 Å². The summed E-state index contributed by atoms with van der Waals surface area (Å²) >= 11 is 3.33. The Kier molecular flexibility index (Phi) is 6.21. The predicted molar refractivity (Wildman–Crippen MR) is 100 cm³/mol. The Labute approximate surface area is 156 Å². The third kappa shape index (κ3) is 4.81. The molecule has 0 aliphatic heterocycles. The second kappa shape index (κ2) is 7.99. The zero-order chi connectivity index (χ0) is 18.6. The number of anilines is 1. The molecule has 1 atom stereocenters. The van der Waals surface area contributed by atoms with Crippen LogP contribution in [0.3, 0.4) is 0 Å². The molecule has 1 amide bonds. The van der Waals surface area contributed by atoms with Gasteiger partial charge in [-0.3, -0.25) is 4.79 Å². The highest BCUT2D eigenvalue weighted by Gasteiger charge is 2.23. The monoisotopic (exact) mass is 426 g/mol. The van der Waals surface area contributed by atoms with Gasteiger partial charge in [0, 0.05) is 18.6 Å². The fraction of sp³-hybridized carbons (Fsp3) is 0.235. The van der Waals surface area contributed by atoms with Crippen molar-refractivity contribution in [2.45, 2.75) is 17.9 Å². The first-order valence-electron chi connectivity index (χ1n) is 7.46. The van der Waals surface area contributed by atoms with Crippen LogP contribution in [0.2, 0.25) is 0 Å². The van der Waals surface area contributed by atoms with Gasteiger partial charge in [0.1, 0.15) is 10.6 Å². The lowest BCUT2D eigenvalue weighted by Crippen LogP contribution is -2.31. The topological polar surface area (TPSA) is 75.7 Å².